The second-order valence-corrected chi connectivity index (χ2v) is 7.71. The summed E-state index contributed by atoms with van der Waals surface area (Å²) in [7, 11) is 1.61. The van der Waals surface area contributed by atoms with Gasteiger partial charge in [0, 0.05) is 12.6 Å². The first kappa shape index (κ1) is 22.8. The average Bonchev–Trinajstić information content (AvgIpc) is 2.87. The highest BCUT2D eigenvalue weighted by Gasteiger charge is 2.24. The van der Waals surface area contributed by atoms with Crippen molar-refractivity contribution in [3.63, 3.8) is 0 Å². The predicted molar refractivity (Wildman–Crippen MR) is 125 cm³/mol. The van der Waals surface area contributed by atoms with Gasteiger partial charge in [-0.2, -0.15) is 0 Å². The third-order valence-corrected chi connectivity index (χ3v) is 5.23. The van der Waals surface area contributed by atoms with Gasteiger partial charge in [-0.3, -0.25) is 9.59 Å². The number of likely N-dealkylation sites (N-methyl/N-ethyl adjacent to an activating group) is 1. The van der Waals surface area contributed by atoms with Crippen LogP contribution in [-0.4, -0.2) is 55.6 Å². The molecular formula is C26H24N2O6. The molecule has 0 saturated heterocycles. The summed E-state index contributed by atoms with van der Waals surface area (Å²) >= 11 is 0. The minimum atomic E-state index is -0.711. The Morgan fingerprint density at radius 1 is 0.941 bits per heavy atom. The zero-order valence-electron chi connectivity index (χ0n) is 18.6. The molecule has 1 N–H and O–H groups in total. The number of amides is 2. The molecule has 174 valence electrons. The fourth-order valence-electron chi connectivity index (χ4n) is 3.43. The summed E-state index contributed by atoms with van der Waals surface area (Å²) in [5, 5.41) is 2.71. The lowest BCUT2D eigenvalue weighted by Gasteiger charge is -2.29. The first-order valence-corrected chi connectivity index (χ1v) is 10.8. The van der Waals surface area contributed by atoms with E-state index in [1.807, 2.05) is 24.3 Å². The third kappa shape index (κ3) is 5.53. The van der Waals surface area contributed by atoms with Crippen molar-refractivity contribution in [3.05, 3.63) is 90.0 Å². The van der Waals surface area contributed by atoms with Crippen LogP contribution in [-0.2, 0) is 9.53 Å². The molecule has 0 bridgehead atoms. The van der Waals surface area contributed by atoms with Gasteiger partial charge in [-0.05, 0) is 36.4 Å². The topological polar surface area (TPSA) is 94.2 Å². The molecule has 3 aromatic rings. The van der Waals surface area contributed by atoms with E-state index in [2.05, 4.69) is 5.32 Å². The molecule has 4 rings (SSSR count). The Kier molecular flexibility index (Phi) is 7.07. The second kappa shape index (κ2) is 10.5. The van der Waals surface area contributed by atoms with Crippen LogP contribution in [0.1, 0.15) is 20.7 Å². The number of carbonyl (C=O) groups is 3. The highest BCUT2D eigenvalue weighted by Crippen LogP contribution is 2.31. The van der Waals surface area contributed by atoms with E-state index in [0.717, 1.165) is 0 Å². The molecule has 34 heavy (non-hydrogen) atoms. The first-order valence-electron chi connectivity index (χ1n) is 10.8. The standard InChI is InChI=1S/C26H24N2O6/c1-28(15-19-16-32-22-13-7-8-14-23(22)34-19)24(29)17-33-26(31)20-11-5-6-12-21(20)27-25(30)18-9-3-2-4-10-18/h2-14,19H,15-17H2,1H3,(H,27,30). The van der Waals surface area contributed by atoms with Crippen molar-refractivity contribution in [1.29, 1.82) is 0 Å². The molecule has 1 aliphatic rings. The zero-order chi connectivity index (χ0) is 23.9. The molecule has 1 unspecified atom stereocenters. The number of hydrogen-bond donors (Lipinski definition) is 1. The van der Waals surface area contributed by atoms with Gasteiger partial charge < -0.3 is 24.4 Å². The van der Waals surface area contributed by atoms with Crippen LogP contribution in [0.25, 0.3) is 0 Å². The van der Waals surface area contributed by atoms with Crippen LogP contribution in [0.3, 0.4) is 0 Å². The number of anilines is 1. The summed E-state index contributed by atoms with van der Waals surface area (Å²) in [6.07, 6.45) is -0.339. The second-order valence-electron chi connectivity index (χ2n) is 7.71. The molecule has 3 aromatic carbocycles. The van der Waals surface area contributed by atoms with Gasteiger partial charge in [-0.1, -0.05) is 42.5 Å². The van der Waals surface area contributed by atoms with Crippen LogP contribution >= 0.6 is 0 Å². The van der Waals surface area contributed by atoms with Crippen LogP contribution in [0.5, 0.6) is 11.5 Å². The fourth-order valence-corrected chi connectivity index (χ4v) is 3.43. The molecule has 1 aliphatic heterocycles. The van der Waals surface area contributed by atoms with Gasteiger partial charge in [-0.15, -0.1) is 0 Å². The maximum absolute atomic E-state index is 12.6. The number of nitrogens with one attached hydrogen (secondary N) is 1. The Morgan fingerprint density at radius 2 is 1.62 bits per heavy atom. The minimum absolute atomic E-state index is 0.155. The predicted octanol–water partition coefficient (Wildman–Crippen LogP) is 3.39. The van der Waals surface area contributed by atoms with Crippen molar-refractivity contribution in [3.8, 4) is 11.5 Å². The molecule has 0 fully saturated rings. The van der Waals surface area contributed by atoms with Crippen LogP contribution in [0.2, 0.25) is 0 Å². The van der Waals surface area contributed by atoms with E-state index in [4.69, 9.17) is 14.2 Å². The third-order valence-electron chi connectivity index (χ3n) is 5.23. The Balaban J connectivity index is 1.31. The number of fused-ring (bicyclic) bond motifs is 1. The monoisotopic (exact) mass is 460 g/mol. The molecule has 0 saturated carbocycles. The zero-order valence-corrected chi connectivity index (χ0v) is 18.6. The van der Waals surface area contributed by atoms with Gasteiger partial charge >= 0.3 is 5.97 Å². The van der Waals surface area contributed by atoms with E-state index in [0.29, 0.717) is 29.4 Å². The van der Waals surface area contributed by atoms with Gasteiger partial charge in [0.15, 0.2) is 24.2 Å². The average molecular weight is 460 g/mol. The van der Waals surface area contributed by atoms with Crippen LogP contribution in [0.4, 0.5) is 5.69 Å². The summed E-state index contributed by atoms with van der Waals surface area (Å²) in [6.45, 7) is 0.137. The number of esters is 1. The number of benzene rings is 3. The number of ether oxygens (including phenoxy) is 3. The molecule has 0 aliphatic carbocycles. The van der Waals surface area contributed by atoms with Gasteiger partial charge in [0.05, 0.1) is 17.8 Å². The summed E-state index contributed by atoms with van der Waals surface area (Å²) in [5.74, 6) is -0.161. The van der Waals surface area contributed by atoms with E-state index >= 15 is 0 Å². The maximum Gasteiger partial charge on any atom is 0.340 e. The lowest BCUT2D eigenvalue weighted by Crippen LogP contribution is -2.43. The lowest BCUT2D eigenvalue weighted by atomic mass is 10.1. The van der Waals surface area contributed by atoms with Crippen molar-refractivity contribution in [2.45, 2.75) is 6.10 Å². The first-order chi connectivity index (χ1) is 16.5. The normalized spacial score (nSPS) is 14.1. The Bertz CT molecular complexity index is 1180. The highest BCUT2D eigenvalue weighted by molar-refractivity contribution is 6.08. The van der Waals surface area contributed by atoms with Crippen molar-refractivity contribution in [1.82, 2.24) is 4.90 Å². The van der Waals surface area contributed by atoms with Crippen molar-refractivity contribution >= 4 is 23.5 Å². The molecule has 0 radical (unpaired) electrons. The molecule has 8 heteroatoms. The number of rotatable bonds is 7. The van der Waals surface area contributed by atoms with E-state index in [9.17, 15) is 14.4 Å². The van der Waals surface area contributed by atoms with Crippen molar-refractivity contribution in [2.24, 2.45) is 0 Å². The van der Waals surface area contributed by atoms with E-state index in [-0.39, 0.29) is 30.0 Å². The van der Waals surface area contributed by atoms with Gasteiger partial charge in [0.2, 0.25) is 0 Å². The molecule has 1 heterocycles. The summed E-state index contributed by atoms with van der Waals surface area (Å²) in [4.78, 5) is 39.1. The number of nitrogens with zero attached hydrogens (tertiary/aromatic N) is 1. The molecule has 0 spiro atoms. The largest absolute Gasteiger partial charge is 0.486 e. The Labute approximate surface area is 197 Å². The van der Waals surface area contributed by atoms with Crippen molar-refractivity contribution in [2.75, 3.05) is 32.1 Å². The molecule has 0 aromatic heterocycles. The summed E-state index contributed by atoms with van der Waals surface area (Å²) in [5.41, 5.74) is 0.912. The van der Waals surface area contributed by atoms with Gasteiger partial charge in [-0.25, -0.2) is 4.79 Å². The van der Waals surface area contributed by atoms with Crippen LogP contribution < -0.4 is 14.8 Å². The quantitative estimate of drug-likeness (QED) is 0.543. The summed E-state index contributed by atoms with van der Waals surface area (Å²) < 4.78 is 16.8. The van der Waals surface area contributed by atoms with E-state index < -0.39 is 12.6 Å². The number of hydrogen-bond acceptors (Lipinski definition) is 6. The highest BCUT2D eigenvalue weighted by atomic mass is 16.6. The number of carbonyl (C=O) groups excluding carboxylic acids is 3. The van der Waals surface area contributed by atoms with Gasteiger partial charge in [0.25, 0.3) is 11.8 Å². The van der Waals surface area contributed by atoms with Gasteiger partial charge in [0.1, 0.15) is 6.61 Å². The Hall–Kier alpha value is -4.33. The maximum atomic E-state index is 12.6. The molecule has 8 nitrogen and oxygen atoms in total. The SMILES string of the molecule is CN(CC1COc2ccccc2O1)C(=O)COC(=O)c1ccccc1NC(=O)c1ccccc1. The minimum Gasteiger partial charge on any atom is -0.486 e. The molecule has 2 amide bonds. The van der Waals surface area contributed by atoms with E-state index in [1.54, 1.807) is 55.6 Å². The summed E-state index contributed by atoms with van der Waals surface area (Å²) in [6, 6.07) is 22.5. The van der Waals surface area contributed by atoms with Crippen molar-refractivity contribution < 1.29 is 28.6 Å². The molecule has 1 atom stereocenters. The Morgan fingerprint density at radius 3 is 2.41 bits per heavy atom. The van der Waals surface area contributed by atoms with E-state index in [1.165, 1.54) is 11.0 Å². The van der Waals surface area contributed by atoms with Crippen LogP contribution in [0.15, 0.2) is 78.9 Å². The smallest absolute Gasteiger partial charge is 0.340 e. The fraction of sp³-hybridized carbons (Fsp3) is 0.192. The molecular weight excluding hydrogens is 436 g/mol. The number of para-hydroxylation sites is 3. The lowest BCUT2D eigenvalue weighted by molar-refractivity contribution is -0.134. The van der Waals surface area contributed by atoms with Crippen LogP contribution in [0, 0.1) is 0 Å².